The molecule has 1 unspecified atom stereocenters. The average molecular weight is 369 g/mol. The number of amides is 2. The standard InChI is InChI=1S/C17H25BrN2O2/c1-6-15(21)20(11-13-7-9-14(18)10-8-13)12(2)16(22)19-17(3,4)5/h7-10,12H,6,11H2,1-5H3,(H,19,22). The lowest BCUT2D eigenvalue weighted by Crippen LogP contribution is -2.52. The molecule has 22 heavy (non-hydrogen) atoms. The Bertz CT molecular complexity index is 520. The van der Waals surface area contributed by atoms with Gasteiger partial charge in [-0.25, -0.2) is 0 Å². The number of halogens is 1. The van der Waals surface area contributed by atoms with Gasteiger partial charge in [-0.2, -0.15) is 0 Å². The lowest BCUT2D eigenvalue weighted by atomic mass is 10.1. The van der Waals surface area contributed by atoms with Gasteiger partial charge in [0.2, 0.25) is 11.8 Å². The molecule has 1 atom stereocenters. The molecule has 4 nitrogen and oxygen atoms in total. The van der Waals surface area contributed by atoms with E-state index in [1.54, 1.807) is 11.8 Å². The normalized spacial score (nSPS) is 12.6. The van der Waals surface area contributed by atoms with Gasteiger partial charge < -0.3 is 10.2 Å². The van der Waals surface area contributed by atoms with E-state index in [4.69, 9.17) is 0 Å². The molecule has 0 bridgehead atoms. The zero-order valence-corrected chi connectivity index (χ0v) is 15.5. The Kier molecular flexibility index (Phi) is 6.60. The van der Waals surface area contributed by atoms with Crippen LogP contribution in [0, 0.1) is 0 Å². The van der Waals surface area contributed by atoms with E-state index in [2.05, 4.69) is 21.2 Å². The summed E-state index contributed by atoms with van der Waals surface area (Å²) >= 11 is 3.39. The Hall–Kier alpha value is -1.36. The van der Waals surface area contributed by atoms with Gasteiger partial charge in [-0.15, -0.1) is 0 Å². The quantitative estimate of drug-likeness (QED) is 0.864. The van der Waals surface area contributed by atoms with Crippen molar-refractivity contribution in [3.8, 4) is 0 Å². The third kappa shape index (κ3) is 5.79. The molecule has 0 saturated carbocycles. The van der Waals surface area contributed by atoms with Crippen molar-refractivity contribution < 1.29 is 9.59 Å². The second-order valence-electron chi connectivity index (χ2n) is 6.42. The van der Waals surface area contributed by atoms with Crippen molar-refractivity contribution in [2.75, 3.05) is 0 Å². The molecule has 0 fully saturated rings. The first-order chi connectivity index (χ1) is 10.1. The summed E-state index contributed by atoms with van der Waals surface area (Å²) in [5.74, 6) is -0.161. The van der Waals surface area contributed by atoms with E-state index in [1.807, 2.05) is 52.0 Å². The molecule has 1 aromatic rings. The number of hydrogen-bond acceptors (Lipinski definition) is 2. The average Bonchev–Trinajstić information content (AvgIpc) is 2.43. The molecular formula is C17H25BrN2O2. The monoisotopic (exact) mass is 368 g/mol. The van der Waals surface area contributed by atoms with E-state index < -0.39 is 6.04 Å². The van der Waals surface area contributed by atoms with Gasteiger partial charge in [-0.3, -0.25) is 9.59 Å². The van der Waals surface area contributed by atoms with Crippen molar-refractivity contribution >= 4 is 27.7 Å². The maximum absolute atomic E-state index is 12.4. The van der Waals surface area contributed by atoms with Crippen molar-refractivity contribution in [2.45, 2.75) is 59.2 Å². The van der Waals surface area contributed by atoms with Crippen molar-refractivity contribution in [2.24, 2.45) is 0 Å². The Balaban J connectivity index is 2.90. The fourth-order valence-corrected chi connectivity index (χ4v) is 2.31. The van der Waals surface area contributed by atoms with Gasteiger partial charge in [-0.1, -0.05) is 35.0 Å². The fraction of sp³-hybridized carbons (Fsp3) is 0.529. The van der Waals surface area contributed by atoms with Crippen molar-refractivity contribution in [3.63, 3.8) is 0 Å². The van der Waals surface area contributed by atoms with Crippen LogP contribution in [0.25, 0.3) is 0 Å². The number of nitrogens with one attached hydrogen (secondary N) is 1. The molecule has 1 aromatic carbocycles. The minimum Gasteiger partial charge on any atom is -0.350 e. The number of rotatable bonds is 5. The van der Waals surface area contributed by atoms with Crippen LogP contribution in [0.3, 0.4) is 0 Å². The molecular weight excluding hydrogens is 344 g/mol. The van der Waals surface area contributed by atoms with E-state index in [9.17, 15) is 9.59 Å². The first-order valence-corrected chi connectivity index (χ1v) is 8.29. The second-order valence-corrected chi connectivity index (χ2v) is 7.33. The van der Waals surface area contributed by atoms with Crippen LogP contribution in [0.1, 0.15) is 46.6 Å². The molecule has 0 radical (unpaired) electrons. The van der Waals surface area contributed by atoms with Crippen molar-refractivity contribution in [1.29, 1.82) is 0 Å². The molecule has 0 spiro atoms. The Morgan fingerprint density at radius 3 is 2.23 bits per heavy atom. The van der Waals surface area contributed by atoms with Crippen LogP contribution in [0.15, 0.2) is 28.7 Å². The molecule has 122 valence electrons. The van der Waals surface area contributed by atoms with Gasteiger partial charge in [-0.05, 0) is 45.4 Å². The minimum absolute atomic E-state index is 0.0283. The summed E-state index contributed by atoms with van der Waals surface area (Å²) in [6, 6.07) is 7.27. The highest BCUT2D eigenvalue weighted by Gasteiger charge is 2.27. The van der Waals surface area contributed by atoms with Gasteiger partial charge >= 0.3 is 0 Å². The highest BCUT2D eigenvalue weighted by Crippen LogP contribution is 2.15. The molecule has 1 rings (SSSR count). The van der Waals surface area contributed by atoms with Gasteiger partial charge in [0.25, 0.3) is 0 Å². The Morgan fingerprint density at radius 2 is 1.77 bits per heavy atom. The van der Waals surface area contributed by atoms with Gasteiger partial charge in [0.05, 0.1) is 0 Å². The smallest absolute Gasteiger partial charge is 0.242 e. The molecule has 0 saturated heterocycles. The largest absolute Gasteiger partial charge is 0.350 e. The first-order valence-electron chi connectivity index (χ1n) is 7.50. The number of hydrogen-bond donors (Lipinski definition) is 1. The van der Waals surface area contributed by atoms with Crippen LogP contribution in [0.5, 0.6) is 0 Å². The molecule has 0 aliphatic rings. The molecule has 5 heteroatoms. The highest BCUT2D eigenvalue weighted by molar-refractivity contribution is 9.10. The Labute approximate surface area is 141 Å². The summed E-state index contributed by atoms with van der Waals surface area (Å²) in [5.41, 5.74) is 0.685. The van der Waals surface area contributed by atoms with Crippen LogP contribution >= 0.6 is 15.9 Å². The fourth-order valence-electron chi connectivity index (χ4n) is 2.05. The van der Waals surface area contributed by atoms with Crippen molar-refractivity contribution in [3.05, 3.63) is 34.3 Å². The second kappa shape index (κ2) is 7.77. The summed E-state index contributed by atoms with van der Waals surface area (Å²) in [7, 11) is 0. The van der Waals surface area contributed by atoms with E-state index in [-0.39, 0.29) is 17.4 Å². The summed E-state index contributed by atoms with van der Waals surface area (Å²) in [6.45, 7) is 9.80. The number of carbonyl (C=O) groups is 2. The zero-order chi connectivity index (χ0) is 16.9. The van der Waals surface area contributed by atoms with E-state index in [0.29, 0.717) is 13.0 Å². The number of carbonyl (C=O) groups excluding carboxylic acids is 2. The molecule has 2 amide bonds. The summed E-state index contributed by atoms with van der Waals surface area (Å²) in [4.78, 5) is 26.2. The van der Waals surface area contributed by atoms with Crippen LogP contribution in [-0.4, -0.2) is 28.3 Å². The van der Waals surface area contributed by atoms with Gasteiger partial charge in [0.1, 0.15) is 6.04 Å². The molecule has 0 aliphatic heterocycles. The van der Waals surface area contributed by atoms with Crippen LogP contribution in [-0.2, 0) is 16.1 Å². The van der Waals surface area contributed by atoms with Gasteiger partial charge in [0.15, 0.2) is 0 Å². The van der Waals surface area contributed by atoms with Gasteiger partial charge in [0, 0.05) is 23.0 Å². The SMILES string of the molecule is CCC(=O)N(Cc1ccc(Br)cc1)C(C)C(=O)NC(C)(C)C. The first kappa shape index (κ1) is 18.7. The molecule has 0 aromatic heterocycles. The maximum atomic E-state index is 12.4. The Morgan fingerprint density at radius 1 is 1.23 bits per heavy atom. The van der Waals surface area contributed by atoms with Crippen LogP contribution in [0.2, 0.25) is 0 Å². The third-order valence-electron chi connectivity index (χ3n) is 3.23. The minimum atomic E-state index is -0.504. The van der Waals surface area contributed by atoms with E-state index in [1.165, 1.54) is 0 Å². The third-order valence-corrected chi connectivity index (χ3v) is 3.76. The highest BCUT2D eigenvalue weighted by atomic mass is 79.9. The lowest BCUT2D eigenvalue weighted by Gasteiger charge is -2.31. The van der Waals surface area contributed by atoms with Crippen LogP contribution in [0.4, 0.5) is 0 Å². The van der Waals surface area contributed by atoms with E-state index >= 15 is 0 Å². The predicted octanol–water partition coefficient (Wildman–Crippen LogP) is 3.49. The lowest BCUT2D eigenvalue weighted by molar-refractivity contribution is -0.141. The van der Waals surface area contributed by atoms with Crippen molar-refractivity contribution in [1.82, 2.24) is 10.2 Å². The molecule has 1 N–H and O–H groups in total. The summed E-state index contributed by atoms with van der Waals surface area (Å²) < 4.78 is 0.989. The summed E-state index contributed by atoms with van der Waals surface area (Å²) in [5, 5.41) is 2.93. The summed E-state index contributed by atoms with van der Waals surface area (Å²) in [6.07, 6.45) is 0.379. The van der Waals surface area contributed by atoms with Crippen LogP contribution < -0.4 is 5.32 Å². The van der Waals surface area contributed by atoms with E-state index in [0.717, 1.165) is 10.0 Å². The number of nitrogens with zero attached hydrogens (tertiary/aromatic N) is 1. The zero-order valence-electron chi connectivity index (χ0n) is 13.9. The topological polar surface area (TPSA) is 49.4 Å². The maximum Gasteiger partial charge on any atom is 0.242 e. The molecule has 0 heterocycles. The molecule has 0 aliphatic carbocycles. The number of benzene rings is 1. The predicted molar refractivity (Wildman–Crippen MR) is 92.3 cm³/mol.